The number of fused-ring (bicyclic) bond motifs is 5. The molecule has 0 unspecified atom stereocenters. The molecule has 2 aromatic rings. The quantitative estimate of drug-likeness (QED) is 0.144. The Morgan fingerprint density at radius 3 is 2.02 bits per heavy atom. The predicted octanol–water partition coefficient (Wildman–Crippen LogP) is 7.21. The standard InChI is InChI=1S/C27H16Cl8N2O5/c1-10-6-13(42-24(41)11-7-17(38)36(9-11)16-8-12(28)2-4-14(16)29)3-5-15(10)37-22(39)18-19(23(37)40)26(33)21(31)20(30)25(18,32)27(26,34)35/h2-6,8,11,18-19H,7,9H2,1H3/t11-,18-,19+,25-,26-/m1/s1. The predicted molar refractivity (Wildman–Crippen MR) is 164 cm³/mol. The molecule has 3 amide bonds. The fraction of sp³-hybridized carbons (Fsp3) is 0.333. The van der Waals surface area contributed by atoms with Crippen LogP contribution in [-0.4, -0.2) is 44.3 Å². The number of nitrogens with zero attached hydrogens (tertiary/aromatic N) is 2. The molecule has 2 aliphatic carbocycles. The summed E-state index contributed by atoms with van der Waals surface area (Å²) >= 11 is 51.6. The molecule has 220 valence electrons. The van der Waals surface area contributed by atoms with E-state index < -0.39 is 49.6 Å². The van der Waals surface area contributed by atoms with E-state index in [4.69, 9.17) is 97.5 Å². The monoisotopic (exact) mass is 728 g/mol. The lowest BCUT2D eigenvalue weighted by Gasteiger charge is -2.34. The molecular weight excluding hydrogens is 716 g/mol. The molecule has 2 bridgehead atoms. The summed E-state index contributed by atoms with van der Waals surface area (Å²) in [6.45, 7) is 1.67. The molecule has 1 saturated carbocycles. The molecule has 2 saturated heterocycles. The summed E-state index contributed by atoms with van der Waals surface area (Å²) in [5, 5.41) is 0.343. The highest BCUT2D eigenvalue weighted by molar-refractivity contribution is 6.67. The van der Waals surface area contributed by atoms with E-state index in [9.17, 15) is 19.2 Å². The summed E-state index contributed by atoms with van der Waals surface area (Å²) in [5.74, 6) is -5.52. The molecule has 4 aliphatic rings. The molecule has 6 rings (SSSR count). The summed E-state index contributed by atoms with van der Waals surface area (Å²) < 4.78 is 3.52. The van der Waals surface area contributed by atoms with Gasteiger partial charge >= 0.3 is 5.97 Å². The van der Waals surface area contributed by atoms with Gasteiger partial charge in [-0.15, -0.1) is 23.2 Å². The van der Waals surface area contributed by atoms with Gasteiger partial charge in [0.05, 0.1) is 44.2 Å². The van der Waals surface area contributed by atoms with Crippen molar-refractivity contribution >= 4 is 128 Å². The average molecular weight is 732 g/mol. The van der Waals surface area contributed by atoms with Crippen LogP contribution in [0.2, 0.25) is 10.0 Å². The lowest BCUT2D eigenvalue weighted by Crippen LogP contribution is -2.50. The minimum Gasteiger partial charge on any atom is -0.426 e. The lowest BCUT2D eigenvalue weighted by atomic mass is 9.84. The van der Waals surface area contributed by atoms with Gasteiger partial charge in [0.1, 0.15) is 15.5 Å². The zero-order valence-corrected chi connectivity index (χ0v) is 27.1. The highest BCUT2D eigenvalue weighted by Gasteiger charge is 2.87. The summed E-state index contributed by atoms with van der Waals surface area (Å²) in [6, 6.07) is 9.06. The molecule has 2 aliphatic heterocycles. The van der Waals surface area contributed by atoms with E-state index in [-0.39, 0.29) is 40.4 Å². The number of hydrogen-bond donors (Lipinski definition) is 0. The van der Waals surface area contributed by atoms with Gasteiger partial charge in [-0.25, -0.2) is 4.90 Å². The molecule has 2 heterocycles. The SMILES string of the molecule is Cc1cc(OC(=O)[C@@H]2CC(=O)N(c3cc(Cl)ccc3Cl)C2)ccc1N1C(=O)[C@@H]2[C@H](C1=O)[C@@]1(Cl)C(Cl)=C(Cl)[C@@]2(Cl)C1(Cl)Cl. The van der Waals surface area contributed by atoms with Crippen molar-refractivity contribution in [3.05, 3.63) is 62.1 Å². The average Bonchev–Trinajstić information content (AvgIpc) is 3.51. The summed E-state index contributed by atoms with van der Waals surface area (Å²) in [4.78, 5) is 51.5. The highest BCUT2D eigenvalue weighted by atomic mass is 35.5. The molecule has 0 N–H and O–H groups in total. The number of amides is 3. The highest BCUT2D eigenvalue weighted by Crippen LogP contribution is 2.77. The Hall–Kier alpha value is -1.42. The van der Waals surface area contributed by atoms with Crippen molar-refractivity contribution in [3.63, 3.8) is 0 Å². The Bertz CT molecular complexity index is 1620. The minimum absolute atomic E-state index is 0.0521. The van der Waals surface area contributed by atoms with Gasteiger partial charge in [-0.05, 0) is 48.9 Å². The van der Waals surface area contributed by atoms with Crippen LogP contribution in [0.15, 0.2) is 46.5 Å². The van der Waals surface area contributed by atoms with Crippen LogP contribution in [0, 0.1) is 24.7 Å². The normalized spacial score (nSPS) is 31.5. The van der Waals surface area contributed by atoms with Crippen molar-refractivity contribution < 1.29 is 23.9 Å². The number of benzene rings is 2. The molecule has 0 aromatic heterocycles. The number of ether oxygens (including phenoxy) is 1. The maximum atomic E-state index is 13.7. The van der Waals surface area contributed by atoms with Gasteiger partial charge in [-0.2, -0.15) is 0 Å². The Labute approximate surface area is 279 Å². The lowest BCUT2D eigenvalue weighted by molar-refractivity contribution is -0.139. The summed E-state index contributed by atoms with van der Waals surface area (Å²) in [6.07, 6.45) is -0.0829. The van der Waals surface area contributed by atoms with Gasteiger partial charge in [-0.3, -0.25) is 19.2 Å². The van der Waals surface area contributed by atoms with Crippen LogP contribution >= 0.6 is 92.8 Å². The van der Waals surface area contributed by atoms with Gasteiger partial charge in [0, 0.05) is 18.0 Å². The first-order chi connectivity index (χ1) is 19.6. The van der Waals surface area contributed by atoms with Crippen LogP contribution in [-0.2, 0) is 19.2 Å². The van der Waals surface area contributed by atoms with Crippen molar-refractivity contribution in [1.29, 1.82) is 0 Å². The first kappa shape index (κ1) is 30.6. The second kappa shape index (κ2) is 10.0. The van der Waals surface area contributed by atoms with Crippen LogP contribution in [0.5, 0.6) is 5.75 Å². The topological polar surface area (TPSA) is 84.0 Å². The second-order valence-electron chi connectivity index (χ2n) is 10.5. The van der Waals surface area contributed by atoms with Crippen LogP contribution in [0.4, 0.5) is 11.4 Å². The fourth-order valence-corrected chi connectivity index (χ4v) is 9.48. The number of anilines is 2. The third kappa shape index (κ3) is 3.87. The maximum absolute atomic E-state index is 13.7. The number of halogens is 8. The second-order valence-corrected chi connectivity index (χ2v) is 14.6. The van der Waals surface area contributed by atoms with Crippen molar-refractivity contribution in [2.75, 3.05) is 16.3 Å². The molecule has 5 atom stereocenters. The fourth-order valence-electron chi connectivity index (χ4n) is 6.17. The zero-order valence-electron chi connectivity index (χ0n) is 21.1. The van der Waals surface area contributed by atoms with Crippen molar-refractivity contribution in [2.45, 2.75) is 27.4 Å². The van der Waals surface area contributed by atoms with Gasteiger partial charge in [0.15, 0.2) is 4.33 Å². The van der Waals surface area contributed by atoms with E-state index in [1.807, 2.05) is 0 Å². The molecule has 0 radical (unpaired) electrons. The zero-order chi connectivity index (χ0) is 30.7. The van der Waals surface area contributed by atoms with Gasteiger partial charge in [0.25, 0.3) is 0 Å². The van der Waals surface area contributed by atoms with Gasteiger partial charge < -0.3 is 9.64 Å². The molecule has 0 spiro atoms. The summed E-state index contributed by atoms with van der Waals surface area (Å²) in [7, 11) is 0. The van der Waals surface area contributed by atoms with E-state index in [1.54, 1.807) is 25.1 Å². The number of carbonyl (C=O) groups is 4. The number of hydrogen-bond acceptors (Lipinski definition) is 5. The first-order valence-electron chi connectivity index (χ1n) is 12.3. The smallest absolute Gasteiger partial charge is 0.316 e. The number of esters is 1. The van der Waals surface area contributed by atoms with Crippen molar-refractivity contribution in [1.82, 2.24) is 0 Å². The largest absolute Gasteiger partial charge is 0.426 e. The maximum Gasteiger partial charge on any atom is 0.316 e. The van der Waals surface area contributed by atoms with E-state index >= 15 is 0 Å². The van der Waals surface area contributed by atoms with Gasteiger partial charge in [-0.1, -0.05) is 69.6 Å². The Balaban J connectivity index is 1.22. The van der Waals surface area contributed by atoms with Crippen LogP contribution in [0.3, 0.4) is 0 Å². The number of aryl methyl sites for hydroxylation is 1. The molecule has 42 heavy (non-hydrogen) atoms. The number of alkyl halides is 4. The Kier molecular flexibility index (Phi) is 7.32. The van der Waals surface area contributed by atoms with Crippen molar-refractivity contribution in [3.8, 4) is 5.75 Å². The molecular formula is C27H16Cl8N2O5. The third-order valence-electron chi connectivity index (χ3n) is 8.19. The molecule has 15 heteroatoms. The van der Waals surface area contributed by atoms with E-state index in [0.717, 1.165) is 4.90 Å². The summed E-state index contributed by atoms with van der Waals surface area (Å²) in [5.41, 5.74) is 1.03. The first-order valence-corrected chi connectivity index (χ1v) is 15.4. The van der Waals surface area contributed by atoms with Crippen LogP contribution in [0.25, 0.3) is 0 Å². The Morgan fingerprint density at radius 1 is 0.857 bits per heavy atom. The van der Waals surface area contributed by atoms with Crippen LogP contribution in [0.1, 0.15) is 12.0 Å². The number of rotatable bonds is 4. The molecule has 3 fully saturated rings. The van der Waals surface area contributed by atoms with Gasteiger partial charge in [0.2, 0.25) is 17.7 Å². The van der Waals surface area contributed by atoms with Crippen LogP contribution < -0.4 is 14.5 Å². The molecule has 7 nitrogen and oxygen atoms in total. The number of allylic oxidation sites excluding steroid dienone is 2. The van der Waals surface area contributed by atoms with Crippen molar-refractivity contribution in [2.24, 2.45) is 17.8 Å². The van der Waals surface area contributed by atoms with E-state index in [2.05, 4.69) is 0 Å². The number of imide groups is 1. The third-order valence-corrected chi connectivity index (χ3v) is 13.0. The Morgan fingerprint density at radius 2 is 1.45 bits per heavy atom. The van der Waals surface area contributed by atoms with E-state index in [0.29, 0.717) is 21.3 Å². The minimum atomic E-state index is -2.04. The van der Waals surface area contributed by atoms with E-state index in [1.165, 1.54) is 23.1 Å². The number of carbonyl (C=O) groups excluding carboxylic acids is 4. The molecule has 2 aromatic carbocycles.